The summed E-state index contributed by atoms with van der Waals surface area (Å²) in [5, 5.41) is 0. The van der Waals surface area contributed by atoms with E-state index in [-0.39, 0.29) is 0 Å². The van der Waals surface area contributed by atoms with Gasteiger partial charge in [0.1, 0.15) is 6.54 Å². The predicted octanol–water partition coefficient (Wildman–Crippen LogP) is 16.7. The molecule has 294 valence electrons. The molecule has 1 aromatic carbocycles. The topological polar surface area (TPSA) is 0 Å². The van der Waals surface area contributed by atoms with Crippen molar-refractivity contribution in [1.29, 1.82) is 0 Å². The highest BCUT2D eigenvalue weighted by Gasteiger charge is 2.27. The summed E-state index contributed by atoms with van der Waals surface area (Å²) in [6.45, 7) is 17.2. The minimum atomic E-state index is 0.817. The first-order valence-electron chi connectivity index (χ1n) is 23.5. The van der Waals surface area contributed by atoms with E-state index in [1.807, 2.05) is 0 Å². The largest absolute Gasteiger partial charge is 0.320 e. The second-order valence-corrected chi connectivity index (χ2v) is 17.3. The molecule has 1 rings (SSSR count). The Morgan fingerprint density at radius 2 is 0.640 bits per heavy atom. The van der Waals surface area contributed by atoms with Crippen molar-refractivity contribution in [3.05, 3.63) is 35.4 Å². The Labute approximate surface area is 317 Å². The summed E-state index contributed by atoms with van der Waals surface area (Å²) in [4.78, 5) is 0. The number of nitrogens with zero attached hydrogens (tertiary/aromatic N) is 1. The number of hydrogen-bond donors (Lipinski definition) is 0. The summed E-state index contributed by atoms with van der Waals surface area (Å²) in [6, 6.07) is 9.73. The van der Waals surface area contributed by atoms with Crippen molar-refractivity contribution >= 4 is 0 Å². The molecule has 1 atom stereocenters. The third-order valence-electron chi connectivity index (χ3n) is 11.8. The lowest BCUT2D eigenvalue weighted by molar-refractivity contribution is -0.941. The summed E-state index contributed by atoms with van der Waals surface area (Å²) in [7, 11) is 0. The van der Waals surface area contributed by atoms with Crippen LogP contribution in [0, 0.1) is 5.92 Å². The van der Waals surface area contributed by atoms with Crippen LogP contribution in [0.5, 0.6) is 0 Å². The highest BCUT2D eigenvalue weighted by molar-refractivity contribution is 5.21. The van der Waals surface area contributed by atoms with Crippen LogP contribution in [0.15, 0.2) is 24.3 Å². The Kier molecular flexibility index (Phi) is 33.3. The van der Waals surface area contributed by atoms with E-state index in [9.17, 15) is 0 Å². The summed E-state index contributed by atoms with van der Waals surface area (Å²) in [5.41, 5.74) is 3.06. The zero-order valence-electron chi connectivity index (χ0n) is 35.5. The van der Waals surface area contributed by atoms with Crippen molar-refractivity contribution in [1.82, 2.24) is 0 Å². The number of unbranched alkanes of at least 4 members (excludes halogenated alkanes) is 28. The molecule has 0 fully saturated rings. The smallest absolute Gasteiger partial charge is 0.104 e. The van der Waals surface area contributed by atoms with Crippen molar-refractivity contribution < 1.29 is 4.48 Å². The molecule has 0 spiro atoms. The number of quaternary nitrogens is 1. The average molecular weight is 697 g/mol. The molecule has 1 heteroatoms. The molecule has 0 aromatic heterocycles. The summed E-state index contributed by atoms with van der Waals surface area (Å²) < 4.78 is 1.34. The number of aryl methyl sites for hydroxylation is 1. The van der Waals surface area contributed by atoms with E-state index < -0.39 is 0 Å². The molecular formula is C49H94N+. The molecular weight excluding hydrogens is 603 g/mol. The van der Waals surface area contributed by atoms with Crippen LogP contribution >= 0.6 is 0 Å². The molecule has 0 amide bonds. The quantitative estimate of drug-likeness (QED) is 0.0475. The fourth-order valence-corrected chi connectivity index (χ4v) is 8.31. The molecule has 0 N–H and O–H groups in total. The fourth-order valence-electron chi connectivity index (χ4n) is 8.31. The van der Waals surface area contributed by atoms with Crippen LogP contribution in [0.25, 0.3) is 0 Å². The van der Waals surface area contributed by atoms with E-state index in [0.717, 1.165) is 12.3 Å². The highest BCUT2D eigenvalue weighted by Crippen LogP contribution is 2.24. The molecule has 50 heavy (non-hydrogen) atoms. The predicted molar refractivity (Wildman–Crippen MR) is 228 cm³/mol. The zero-order chi connectivity index (χ0) is 36.2. The van der Waals surface area contributed by atoms with Crippen molar-refractivity contribution in [3.8, 4) is 0 Å². The van der Waals surface area contributed by atoms with Gasteiger partial charge in [0, 0.05) is 5.56 Å². The summed E-state index contributed by atoms with van der Waals surface area (Å²) >= 11 is 0. The molecule has 0 saturated heterocycles. The second-order valence-electron chi connectivity index (χ2n) is 17.3. The van der Waals surface area contributed by atoms with E-state index in [2.05, 4.69) is 58.9 Å². The van der Waals surface area contributed by atoms with Gasteiger partial charge in [-0.1, -0.05) is 226 Å². The lowest BCUT2D eigenvalue weighted by atomic mass is 10.0. The van der Waals surface area contributed by atoms with Gasteiger partial charge in [-0.3, -0.25) is 0 Å². The van der Waals surface area contributed by atoms with E-state index in [1.165, 1.54) is 242 Å². The monoisotopic (exact) mass is 697 g/mol. The Hall–Kier alpha value is -0.820. The molecule has 0 saturated carbocycles. The van der Waals surface area contributed by atoms with Crippen LogP contribution in [0.4, 0.5) is 0 Å². The van der Waals surface area contributed by atoms with Crippen LogP contribution < -0.4 is 0 Å². The van der Waals surface area contributed by atoms with Gasteiger partial charge in [0.05, 0.1) is 19.6 Å². The van der Waals surface area contributed by atoms with Gasteiger partial charge in [-0.05, 0) is 56.4 Å². The van der Waals surface area contributed by atoms with Gasteiger partial charge in [0.15, 0.2) is 0 Å². The van der Waals surface area contributed by atoms with Crippen LogP contribution in [0.2, 0.25) is 0 Å². The Morgan fingerprint density at radius 3 is 0.940 bits per heavy atom. The maximum Gasteiger partial charge on any atom is 0.104 e. The van der Waals surface area contributed by atoms with E-state index in [0.29, 0.717) is 0 Å². The van der Waals surface area contributed by atoms with Crippen LogP contribution in [0.1, 0.15) is 251 Å². The summed E-state index contributed by atoms with van der Waals surface area (Å²) in [6.07, 6.45) is 47.5. The third kappa shape index (κ3) is 28.7. The van der Waals surface area contributed by atoms with Crippen molar-refractivity contribution in [2.75, 3.05) is 19.6 Å². The Morgan fingerprint density at radius 1 is 0.360 bits per heavy atom. The maximum atomic E-state index is 2.47. The standard InChI is InChI=1S/C49H94N/c1-6-9-11-13-15-17-19-21-23-24-26-28-30-32-34-36-44-50(45-37-38-47(4)5,46-49-41-39-48(8-3)40-42-49)43-35-33-31-29-27-25-22-20-18-16-14-12-10-7-2/h39-42,47H,6-38,43-46H2,1-5H3/q+1. The van der Waals surface area contributed by atoms with Gasteiger partial charge >= 0.3 is 0 Å². The van der Waals surface area contributed by atoms with Crippen LogP contribution in [0.3, 0.4) is 0 Å². The minimum Gasteiger partial charge on any atom is -0.320 e. The van der Waals surface area contributed by atoms with Gasteiger partial charge in [-0.15, -0.1) is 0 Å². The SMILES string of the molecule is CCCCCCCCCCCCCCCCCC[N+](CCCCCCCCCCCCCCCC)(CCCC(C)C)Cc1ccc(CC)cc1. The molecule has 1 aromatic rings. The first kappa shape index (κ1) is 47.2. The van der Waals surface area contributed by atoms with Gasteiger partial charge in [0.2, 0.25) is 0 Å². The Balaban J connectivity index is 2.45. The van der Waals surface area contributed by atoms with Gasteiger partial charge < -0.3 is 4.48 Å². The molecule has 1 nitrogen and oxygen atoms in total. The fraction of sp³-hybridized carbons (Fsp3) is 0.878. The first-order chi connectivity index (χ1) is 24.5. The lowest BCUT2D eigenvalue weighted by Gasteiger charge is -2.40. The first-order valence-corrected chi connectivity index (χ1v) is 23.5. The minimum absolute atomic E-state index is 0.817. The van der Waals surface area contributed by atoms with Crippen molar-refractivity contribution in [3.63, 3.8) is 0 Å². The van der Waals surface area contributed by atoms with Crippen molar-refractivity contribution in [2.24, 2.45) is 5.92 Å². The molecule has 0 aliphatic carbocycles. The third-order valence-corrected chi connectivity index (χ3v) is 11.8. The highest BCUT2D eigenvalue weighted by atomic mass is 15.3. The average Bonchev–Trinajstić information content (AvgIpc) is 3.11. The van der Waals surface area contributed by atoms with Gasteiger partial charge in [-0.25, -0.2) is 0 Å². The normalized spacial score (nSPS) is 13.0. The number of hydrogen-bond acceptors (Lipinski definition) is 0. The van der Waals surface area contributed by atoms with Crippen molar-refractivity contribution in [2.45, 2.75) is 253 Å². The summed E-state index contributed by atoms with van der Waals surface area (Å²) in [5.74, 6) is 0.817. The van der Waals surface area contributed by atoms with E-state index >= 15 is 0 Å². The molecule has 1 unspecified atom stereocenters. The second kappa shape index (κ2) is 35.2. The zero-order valence-corrected chi connectivity index (χ0v) is 35.5. The molecule has 0 heterocycles. The van der Waals surface area contributed by atoms with Crippen LogP contribution in [-0.2, 0) is 13.0 Å². The number of rotatable bonds is 39. The van der Waals surface area contributed by atoms with E-state index in [1.54, 1.807) is 5.56 Å². The van der Waals surface area contributed by atoms with Gasteiger partial charge in [0.25, 0.3) is 0 Å². The van der Waals surface area contributed by atoms with Crippen LogP contribution in [-0.4, -0.2) is 24.1 Å². The molecule has 0 aliphatic heterocycles. The Bertz CT molecular complexity index is 796. The molecule has 0 bridgehead atoms. The molecule has 0 aliphatic rings. The van der Waals surface area contributed by atoms with Gasteiger partial charge in [-0.2, -0.15) is 0 Å². The van der Waals surface area contributed by atoms with E-state index in [4.69, 9.17) is 0 Å². The molecule has 0 radical (unpaired) electrons. The maximum absolute atomic E-state index is 2.47. The number of benzene rings is 1. The lowest BCUT2D eigenvalue weighted by Crippen LogP contribution is -2.49.